The Labute approximate surface area is 170 Å². The fourth-order valence-electron chi connectivity index (χ4n) is 2.73. The number of benzene rings is 2. The molecule has 1 aliphatic heterocycles. The highest BCUT2D eigenvalue weighted by Crippen LogP contribution is 2.34. The van der Waals surface area contributed by atoms with Gasteiger partial charge in [0.05, 0.1) is 10.7 Å². The Hall–Kier alpha value is -2.04. The van der Waals surface area contributed by atoms with Crippen molar-refractivity contribution in [2.24, 2.45) is 4.99 Å². The lowest BCUT2D eigenvalue weighted by atomic mass is 10.1. The first kappa shape index (κ1) is 19.7. The largest absolute Gasteiger partial charge is 0.283 e. The van der Waals surface area contributed by atoms with Crippen LogP contribution in [0.2, 0.25) is 5.02 Å². The van der Waals surface area contributed by atoms with Crippen LogP contribution in [0.3, 0.4) is 0 Å². The first-order valence-electron chi connectivity index (χ1n) is 9.10. The molecule has 0 saturated heterocycles. The van der Waals surface area contributed by atoms with Gasteiger partial charge in [-0.15, -0.1) is 0 Å². The molecule has 0 bridgehead atoms. The lowest BCUT2D eigenvalue weighted by Gasteiger charge is -2.19. The summed E-state index contributed by atoms with van der Waals surface area (Å²) in [6.45, 7) is 6.17. The third-order valence-electron chi connectivity index (χ3n) is 4.28. The summed E-state index contributed by atoms with van der Waals surface area (Å²) in [5.74, 6) is 0.778. The summed E-state index contributed by atoms with van der Waals surface area (Å²) >= 11 is 8.05. The highest BCUT2D eigenvalue weighted by Gasteiger charge is 2.33. The molecule has 27 heavy (non-hydrogen) atoms. The molecule has 0 aromatic heterocycles. The summed E-state index contributed by atoms with van der Waals surface area (Å²) in [4.78, 5) is 19.4. The van der Waals surface area contributed by atoms with Gasteiger partial charge in [-0.1, -0.05) is 72.6 Å². The van der Waals surface area contributed by atoms with Crippen molar-refractivity contribution in [3.8, 4) is 0 Å². The smallest absolute Gasteiger partial charge is 0.266 e. The van der Waals surface area contributed by atoms with Crippen LogP contribution in [0.1, 0.15) is 36.5 Å². The number of hydrogen-bond donors (Lipinski definition) is 0. The molecule has 0 saturated carbocycles. The van der Waals surface area contributed by atoms with Gasteiger partial charge in [0.15, 0.2) is 5.17 Å². The molecule has 2 aromatic carbocycles. The van der Waals surface area contributed by atoms with Crippen LogP contribution in [-0.2, 0) is 4.79 Å². The van der Waals surface area contributed by atoms with Crippen LogP contribution in [0.4, 0.5) is 5.69 Å². The van der Waals surface area contributed by atoms with E-state index in [0.29, 0.717) is 21.6 Å². The van der Waals surface area contributed by atoms with Crippen molar-refractivity contribution in [3.63, 3.8) is 0 Å². The van der Waals surface area contributed by atoms with E-state index in [4.69, 9.17) is 11.6 Å². The molecule has 1 amide bonds. The number of anilines is 1. The predicted molar refractivity (Wildman–Crippen MR) is 118 cm³/mol. The third-order valence-corrected chi connectivity index (χ3v) is 5.61. The molecule has 1 heterocycles. The van der Waals surface area contributed by atoms with Crippen LogP contribution < -0.4 is 4.90 Å². The second-order valence-electron chi connectivity index (χ2n) is 6.63. The van der Waals surface area contributed by atoms with E-state index in [1.807, 2.05) is 62.4 Å². The molecule has 140 valence electrons. The van der Waals surface area contributed by atoms with E-state index in [0.717, 1.165) is 29.7 Å². The van der Waals surface area contributed by atoms with Gasteiger partial charge in [-0.2, -0.15) is 0 Å². The van der Waals surface area contributed by atoms with Crippen molar-refractivity contribution in [2.45, 2.75) is 33.6 Å². The highest BCUT2D eigenvalue weighted by atomic mass is 35.5. The number of rotatable bonds is 5. The second-order valence-corrected chi connectivity index (χ2v) is 8.10. The number of aliphatic imine (C=N–C) groups is 1. The van der Waals surface area contributed by atoms with Crippen molar-refractivity contribution >= 4 is 46.2 Å². The SMILES string of the molecule is CCCCSC1=NC(=Cc2ccc(C)cc2)C(=O)N1c1ccc(C)cc1Cl. The fraction of sp³-hybridized carbons (Fsp3) is 0.273. The van der Waals surface area contributed by atoms with Gasteiger partial charge in [-0.3, -0.25) is 9.69 Å². The summed E-state index contributed by atoms with van der Waals surface area (Å²) in [5, 5.41) is 1.25. The number of carbonyl (C=O) groups excluding carboxylic acids is 1. The average molecular weight is 399 g/mol. The number of thioether (sulfide) groups is 1. The molecular weight excluding hydrogens is 376 g/mol. The van der Waals surface area contributed by atoms with Gasteiger partial charge in [0.1, 0.15) is 5.70 Å². The molecule has 0 radical (unpaired) electrons. The van der Waals surface area contributed by atoms with Crippen LogP contribution in [0.15, 0.2) is 53.2 Å². The molecule has 3 nitrogen and oxygen atoms in total. The monoisotopic (exact) mass is 398 g/mol. The Morgan fingerprint density at radius 1 is 1.11 bits per heavy atom. The fourth-order valence-corrected chi connectivity index (χ4v) is 4.14. The van der Waals surface area contributed by atoms with Gasteiger partial charge in [0.25, 0.3) is 5.91 Å². The van der Waals surface area contributed by atoms with Gasteiger partial charge < -0.3 is 0 Å². The highest BCUT2D eigenvalue weighted by molar-refractivity contribution is 8.14. The Morgan fingerprint density at radius 3 is 2.48 bits per heavy atom. The van der Waals surface area contributed by atoms with E-state index in [2.05, 4.69) is 11.9 Å². The van der Waals surface area contributed by atoms with E-state index in [9.17, 15) is 4.79 Å². The molecule has 0 fully saturated rings. The Bertz CT molecular complexity index is 903. The van der Waals surface area contributed by atoms with Crippen LogP contribution >= 0.6 is 23.4 Å². The molecular formula is C22H23ClN2OS. The molecule has 0 unspecified atom stereocenters. The summed E-state index contributed by atoms with van der Waals surface area (Å²) in [7, 11) is 0. The standard InChI is InChI=1S/C22H23ClN2OS/c1-4-5-12-27-22-24-19(14-17-9-6-15(2)7-10-17)21(26)25(22)20-11-8-16(3)13-18(20)23/h6-11,13-14H,4-5,12H2,1-3H3. The molecule has 0 atom stereocenters. The average Bonchev–Trinajstić information content (AvgIpc) is 2.93. The summed E-state index contributed by atoms with van der Waals surface area (Å²) < 4.78 is 0. The zero-order chi connectivity index (χ0) is 19.4. The van der Waals surface area contributed by atoms with Gasteiger partial charge in [-0.05, 0) is 49.6 Å². The second kappa shape index (κ2) is 8.77. The molecule has 0 N–H and O–H groups in total. The Balaban J connectivity index is 1.97. The molecule has 1 aliphatic rings. The zero-order valence-electron chi connectivity index (χ0n) is 15.8. The van der Waals surface area contributed by atoms with Gasteiger partial charge in [0, 0.05) is 5.75 Å². The van der Waals surface area contributed by atoms with E-state index in [-0.39, 0.29) is 5.91 Å². The lowest BCUT2D eigenvalue weighted by molar-refractivity contribution is -0.113. The number of carbonyl (C=O) groups is 1. The number of unbranched alkanes of at least 4 members (excludes halogenated alkanes) is 1. The molecule has 2 aromatic rings. The van der Waals surface area contributed by atoms with E-state index >= 15 is 0 Å². The van der Waals surface area contributed by atoms with Crippen LogP contribution in [0, 0.1) is 13.8 Å². The maximum atomic E-state index is 13.1. The number of amides is 1. The Morgan fingerprint density at radius 2 is 1.81 bits per heavy atom. The van der Waals surface area contributed by atoms with Crippen molar-refractivity contribution in [2.75, 3.05) is 10.7 Å². The molecule has 0 spiro atoms. The van der Waals surface area contributed by atoms with Crippen molar-refractivity contribution in [3.05, 3.63) is 69.9 Å². The minimum atomic E-state index is -0.139. The van der Waals surface area contributed by atoms with Gasteiger partial charge >= 0.3 is 0 Å². The number of amidine groups is 1. The minimum Gasteiger partial charge on any atom is -0.266 e. The topological polar surface area (TPSA) is 32.7 Å². The number of aryl methyl sites for hydroxylation is 2. The minimum absolute atomic E-state index is 0.139. The van der Waals surface area contributed by atoms with Crippen LogP contribution in [-0.4, -0.2) is 16.8 Å². The summed E-state index contributed by atoms with van der Waals surface area (Å²) in [5.41, 5.74) is 4.32. The maximum absolute atomic E-state index is 13.1. The lowest BCUT2D eigenvalue weighted by Crippen LogP contribution is -2.30. The van der Waals surface area contributed by atoms with E-state index < -0.39 is 0 Å². The quantitative estimate of drug-likeness (QED) is 0.441. The normalized spacial score (nSPS) is 15.6. The summed E-state index contributed by atoms with van der Waals surface area (Å²) in [6, 6.07) is 13.8. The third kappa shape index (κ3) is 4.63. The van der Waals surface area contributed by atoms with Crippen LogP contribution in [0.5, 0.6) is 0 Å². The zero-order valence-corrected chi connectivity index (χ0v) is 17.4. The van der Waals surface area contributed by atoms with Gasteiger partial charge in [-0.25, -0.2) is 4.99 Å². The van der Waals surface area contributed by atoms with Gasteiger partial charge in [0.2, 0.25) is 0 Å². The van der Waals surface area contributed by atoms with Crippen molar-refractivity contribution in [1.82, 2.24) is 0 Å². The van der Waals surface area contributed by atoms with E-state index in [1.165, 1.54) is 5.56 Å². The van der Waals surface area contributed by atoms with Crippen molar-refractivity contribution in [1.29, 1.82) is 0 Å². The predicted octanol–water partition coefficient (Wildman–Crippen LogP) is 6.23. The van der Waals surface area contributed by atoms with Crippen molar-refractivity contribution < 1.29 is 4.79 Å². The molecule has 5 heteroatoms. The number of halogens is 1. The number of hydrogen-bond acceptors (Lipinski definition) is 3. The van der Waals surface area contributed by atoms with Crippen LogP contribution in [0.25, 0.3) is 6.08 Å². The molecule has 3 rings (SSSR count). The summed E-state index contributed by atoms with van der Waals surface area (Å²) in [6.07, 6.45) is 4.01. The first-order valence-corrected chi connectivity index (χ1v) is 10.5. The molecule has 0 aliphatic carbocycles. The van der Waals surface area contributed by atoms with E-state index in [1.54, 1.807) is 16.7 Å². The Kier molecular flexibility index (Phi) is 6.40. The number of nitrogens with zero attached hydrogens (tertiary/aromatic N) is 2. The maximum Gasteiger partial charge on any atom is 0.283 e. The first-order chi connectivity index (χ1) is 13.0.